The minimum atomic E-state index is 0.0505. The number of ether oxygens (including phenoxy) is 2. The number of nitrogens with zero attached hydrogens (tertiary/aromatic N) is 2. The summed E-state index contributed by atoms with van der Waals surface area (Å²) in [5.74, 6) is 1.74. The Morgan fingerprint density at radius 3 is 2.78 bits per heavy atom. The highest BCUT2D eigenvalue weighted by molar-refractivity contribution is 5.48. The summed E-state index contributed by atoms with van der Waals surface area (Å²) < 4.78 is 11.5. The molecule has 1 unspecified atom stereocenters. The van der Waals surface area contributed by atoms with Gasteiger partial charge in [0, 0.05) is 36.9 Å². The number of hydrogen-bond acceptors (Lipinski definition) is 5. The van der Waals surface area contributed by atoms with Crippen LogP contribution >= 0.6 is 0 Å². The molecular formula is C22H29N3O2. The average Bonchev–Trinajstić information content (AvgIpc) is 2.93. The van der Waals surface area contributed by atoms with Crippen molar-refractivity contribution < 1.29 is 9.47 Å². The molecule has 1 fully saturated rings. The molecule has 0 radical (unpaired) electrons. The SMILES string of the molecule is COc1ccc2c(c1)C(NCCN1[C@@H](C)CC[C@@H]1C)c1cccnc1CO2. The van der Waals surface area contributed by atoms with Crippen molar-refractivity contribution in [3.63, 3.8) is 0 Å². The van der Waals surface area contributed by atoms with Crippen LogP contribution in [0.5, 0.6) is 11.5 Å². The Morgan fingerprint density at radius 1 is 1.19 bits per heavy atom. The van der Waals surface area contributed by atoms with Crippen LogP contribution < -0.4 is 14.8 Å². The summed E-state index contributed by atoms with van der Waals surface area (Å²) in [6, 6.07) is 11.6. The molecule has 0 bridgehead atoms. The van der Waals surface area contributed by atoms with Crippen LogP contribution in [0, 0.1) is 0 Å². The third kappa shape index (κ3) is 3.66. The third-order valence-corrected chi connectivity index (χ3v) is 5.98. The van der Waals surface area contributed by atoms with Crippen molar-refractivity contribution in [2.75, 3.05) is 20.2 Å². The van der Waals surface area contributed by atoms with E-state index in [1.165, 1.54) is 18.4 Å². The van der Waals surface area contributed by atoms with Crippen LogP contribution in [-0.2, 0) is 6.61 Å². The summed E-state index contributed by atoms with van der Waals surface area (Å²) in [6.07, 6.45) is 4.43. The molecule has 5 heteroatoms. The topological polar surface area (TPSA) is 46.6 Å². The van der Waals surface area contributed by atoms with Crippen LogP contribution in [-0.4, -0.2) is 42.2 Å². The molecule has 2 aromatic rings. The van der Waals surface area contributed by atoms with Crippen LogP contribution in [0.1, 0.15) is 49.6 Å². The van der Waals surface area contributed by atoms with Gasteiger partial charge in [0.05, 0.1) is 18.8 Å². The number of benzene rings is 1. The van der Waals surface area contributed by atoms with Crippen molar-refractivity contribution in [1.82, 2.24) is 15.2 Å². The van der Waals surface area contributed by atoms with Gasteiger partial charge in [-0.3, -0.25) is 9.88 Å². The molecule has 3 atom stereocenters. The molecule has 1 N–H and O–H groups in total. The van der Waals surface area contributed by atoms with E-state index in [4.69, 9.17) is 9.47 Å². The minimum Gasteiger partial charge on any atom is -0.497 e. The Morgan fingerprint density at radius 2 is 2.00 bits per heavy atom. The van der Waals surface area contributed by atoms with E-state index in [1.807, 2.05) is 24.4 Å². The van der Waals surface area contributed by atoms with Gasteiger partial charge in [-0.15, -0.1) is 0 Å². The van der Waals surface area contributed by atoms with Crippen molar-refractivity contribution in [3.05, 3.63) is 53.3 Å². The second-order valence-corrected chi connectivity index (χ2v) is 7.63. The first kappa shape index (κ1) is 18.3. The molecule has 1 saturated heterocycles. The molecule has 0 amide bonds. The molecule has 144 valence electrons. The largest absolute Gasteiger partial charge is 0.497 e. The van der Waals surface area contributed by atoms with E-state index in [1.54, 1.807) is 7.11 Å². The van der Waals surface area contributed by atoms with Gasteiger partial charge in [-0.2, -0.15) is 0 Å². The lowest BCUT2D eigenvalue weighted by atomic mass is 9.97. The smallest absolute Gasteiger partial charge is 0.131 e. The maximum Gasteiger partial charge on any atom is 0.131 e. The number of likely N-dealkylation sites (tertiary alicyclic amines) is 1. The minimum absolute atomic E-state index is 0.0505. The molecule has 4 rings (SSSR count). The van der Waals surface area contributed by atoms with E-state index in [0.29, 0.717) is 18.7 Å². The van der Waals surface area contributed by atoms with E-state index in [-0.39, 0.29) is 6.04 Å². The fourth-order valence-corrected chi connectivity index (χ4v) is 4.41. The maximum atomic E-state index is 6.05. The van der Waals surface area contributed by atoms with Crippen molar-refractivity contribution >= 4 is 0 Å². The fourth-order valence-electron chi connectivity index (χ4n) is 4.41. The molecule has 5 nitrogen and oxygen atoms in total. The summed E-state index contributed by atoms with van der Waals surface area (Å²) in [7, 11) is 1.70. The van der Waals surface area contributed by atoms with E-state index in [0.717, 1.165) is 35.8 Å². The highest BCUT2D eigenvalue weighted by Crippen LogP contribution is 2.37. The first-order chi connectivity index (χ1) is 13.2. The number of pyridine rings is 1. The van der Waals surface area contributed by atoms with Gasteiger partial charge in [-0.05, 0) is 56.5 Å². The number of rotatable bonds is 5. The number of methoxy groups -OCH3 is 1. The highest BCUT2D eigenvalue weighted by Gasteiger charge is 2.28. The van der Waals surface area contributed by atoms with Gasteiger partial charge in [0.25, 0.3) is 0 Å². The number of fused-ring (bicyclic) bond motifs is 2. The van der Waals surface area contributed by atoms with E-state index < -0.39 is 0 Å². The fraction of sp³-hybridized carbons (Fsp3) is 0.500. The Bertz CT molecular complexity index is 785. The second kappa shape index (κ2) is 7.87. The lowest BCUT2D eigenvalue weighted by Crippen LogP contribution is -2.39. The monoisotopic (exact) mass is 367 g/mol. The van der Waals surface area contributed by atoms with E-state index >= 15 is 0 Å². The molecule has 2 aliphatic heterocycles. The zero-order chi connectivity index (χ0) is 18.8. The van der Waals surface area contributed by atoms with Crippen LogP contribution in [0.4, 0.5) is 0 Å². The Balaban J connectivity index is 1.60. The van der Waals surface area contributed by atoms with Gasteiger partial charge < -0.3 is 14.8 Å². The zero-order valence-electron chi connectivity index (χ0n) is 16.4. The molecule has 1 aromatic heterocycles. The van der Waals surface area contributed by atoms with Gasteiger partial charge in [-0.25, -0.2) is 0 Å². The molecular weight excluding hydrogens is 338 g/mol. The van der Waals surface area contributed by atoms with Crippen molar-refractivity contribution in [2.45, 2.75) is 51.4 Å². The van der Waals surface area contributed by atoms with Gasteiger partial charge in [0.1, 0.15) is 18.1 Å². The van der Waals surface area contributed by atoms with Gasteiger partial charge in [0.15, 0.2) is 0 Å². The summed E-state index contributed by atoms with van der Waals surface area (Å²) in [4.78, 5) is 7.17. The van der Waals surface area contributed by atoms with Gasteiger partial charge >= 0.3 is 0 Å². The molecule has 27 heavy (non-hydrogen) atoms. The zero-order valence-corrected chi connectivity index (χ0v) is 16.4. The summed E-state index contributed by atoms with van der Waals surface area (Å²) in [6.45, 7) is 7.14. The Hall–Kier alpha value is -2.11. The third-order valence-electron chi connectivity index (χ3n) is 5.98. The number of aromatic nitrogens is 1. The summed E-state index contributed by atoms with van der Waals surface area (Å²) >= 11 is 0. The summed E-state index contributed by atoms with van der Waals surface area (Å²) in [5, 5.41) is 3.78. The Kier molecular flexibility index (Phi) is 5.32. The van der Waals surface area contributed by atoms with Crippen LogP contribution in [0.15, 0.2) is 36.5 Å². The van der Waals surface area contributed by atoms with Crippen molar-refractivity contribution in [2.24, 2.45) is 0 Å². The lowest BCUT2D eigenvalue weighted by molar-refractivity contribution is 0.213. The van der Waals surface area contributed by atoms with Gasteiger partial charge in [0.2, 0.25) is 0 Å². The number of nitrogens with one attached hydrogen (secondary N) is 1. The maximum absolute atomic E-state index is 6.05. The van der Waals surface area contributed by atoms with Crippen LogP contribution in [0.25, 0.3) is 0 Å². The average molecular weight is 367 g/mol. The molecule has 0 saturated carbocycles. The predicted octanol–water partition coefficient (Wildman–Crippen LogP) is 3.53. The standard InChI is InChI=1S/C22H29N3O2/c1-15-6-7-16(2)25(15)12-11-24-22-18-5-4-10-23-20(18)14-27-21-9-8-17(26-3)13-19(21)22/h4-5,8-10,13,15-16,22,24H,6-7,11-12,14H2,1-3H3/t15-,16-,22?/m0/s1. The first-order valence-corrected chi connectivity index (χ1v) is 9.91. The molecule has 1 aromatic carbocycles. The molecule has 2 aliphatic rings. The first-order valence-electron chi connectivity index (χ1n) is 9.91. The lowest BCUT2D eigenvalue weighted by Gasteiger charge is -2.28. The highest BCUT2D eigenvalue weighted by atomic mass is 16.5. The predicted molar refractivity (Wildman–Crippen MR) is 106 cm³/mol. The second-order valence-electron chi connectivity index (χ2n) is 7.63. The summed E-state index contributed by atoms with van der Waals surface area (Å²) in [5.41, 5.74) is 3.30. The quantitative estimate of drug-likeness (QED) is 0.876. The van der Waals surface area contributed by atoms with Crippen LogP contribution in [0.2, 0.25) is 0 Å². The molecule has 0 aliphatic carbocycles. The Labute approximate surface area is 161 Å². The van der Waals surface area contributed by atoms with Gasteiger partial charge in [-0.1, -0.05) is 6.07 Å². The van der Waals surface area contributed by atoms with E-state index in [2.05, 4.69) is 41.2 Å². The molecule has 3 heterocycles. The van der Waals surface area contributed by atoms with Crippen molar-refractivity contribution in [1.29, 1.82) is 0 Å². The van der Waals surface area contributed by atoms with E-state index in [9.17, 15) is 0 Å². The molecule has 0 spiro atoms. The number of hydrogen-bond donors (Lipinski definition) is 1. The normalized spacial score (nSPS) is 24.6. The van der Waals surface area contributed by atoms with Crippen LogP contribution in [0.3, 0.4) is 0 Å². The van der Waals surface area contributed by atoms with Crippen molar-refractivity contribution in [3.8, 4) is 11.5 Å².